The molecule has 4 heteroatoms. The molecule has 0 saturated carbocycles. The molecule has 0 amide bonds. The van der Waals surface area contributed by atoms with Gasteiger partial charge in [-0.25, -0.2) is 0 Å². The Morgan fingerprint density at radius 3 is 1.32 bits per heavy atom. The van der Waals surface area contributed by atoms with Crippen LogP contribution in [-0.2, 0) is 33.8 Å². The third-order valence-corrected chi connectivity index (χ3v) is 14.2. The summed E-state index contributed by atoms with van der Waals surface area (Å²) in [6.45, 7) is 17.9. The van der Waals surface area contributed by atoms with Crippen molar-refractivity contribution in [2.75, 3.05) is 0 Å². The molecule has 0 radical (unpaired) electrons. The zero-order chi connectivity index (χ0) is 25.8. The second kappa shape index (κ2) is 14.6. The Hall–Kier alpha value is -0.673. The maximum atomic E-state index is 2.29. The zero-order valence-corrected chi connectivity index (χ0v) is 30.2. The predicted octanol–water partition coefficient (Wildman–Crippen LogP) is 4.05. The van der Waals surface area contributed by atoms with Crippen molar-refractivity contribution in [3.8, 4) is 0 Å². The van der Waals surface area contributed by atoms with Crippen molar-refractivity contribution in [1.29, 1.82) is 0 Å². The van der Waals surface area contributed by atoms with E-state index in [9.17, 15) is 0 Å². The van der Waals surface area contributed by atoms with E-state index < -0.39 is 0 Å². The van der Waals surface area contributed by atoms with Crippen LogP contribution in [0.4, 0.5) is 0 Å². The Morgan fingerprint density at radius 1 is 0.649 bits per heavy atom. The summed E-state index contributed by atoms with van der Waals surface area (Å²) in [6.07, 6.45) is 4.67. The standard InChI is InChI=1S/2C14H17.C5H10Si.2ClH.Hf/c2*1-10-8-11-6-5-7-13(12(11)9-10)14(2,3)4;1-2-4-6-5-3-1;;;/h2*5-9H,1-4H3;1-5H2;2*1H;/q2*-1;;;;+2/p-2. The van der Waals surface area contributed by atoms with E-state index in [1.165, 1.54) is 50.2 Å². The van der Waals surface area contributed by atoms with Gasteiger partial charge in [-0.3, -0.25) is 0 Å². The topological polar surface area (TPSA) is 0 Å². The Balaban J connectivity index is 0.000000284. The summed E-state index contributed by atoms with van der Waals surface area (Å²) in [5, 5.41) is 5.57. The average molecular weight is 718 g/mol. The average Bonchev–Trinajstić information content (AvgIpc) is 3.33. The Bertz CT molecular complexity index is 1180. The molecule has 5 rings (SSSR count). The molecule has 1 saturated heterocycles. The Labute approximate surface area is 253 Å². The molecule has 1 fully saturated rings. The summed E-state index contributed by atoms with van der Waals surface area (Å²) in [6, 6.07) is 25.6. The molecule has 0 spiro atoms. The Kier molecular flexibility index (Phi) is 13.6. The SMILES string of the molecule is Cc1cc2c(C(C)(C)C)cccc2[cH-]1.Cc1cc2c(C(C)(C)C)cccc2[cH-]1.[Cl-].[Cl-].[Hf+2]=[Si]1CCCCC1. The first-order valence-corrected chi connectivity index (χ1v) is 20.6. The summed E-state index contributed by atoms with van der Waals surface area (Å²) in [5.41, 5.74) is 6.43. The van der Waals surface area contributed by atoms with E-state index in [-0.39, 0.29) is 35.6 Å². The molecule has 200 valence electrons. The van der Waals surface area contributed by atoms with Crippen LogP contribution in [0.3, 0.4) is 0 Å². The molecule has 0 bridgehead atoms. The number of hydrogen-bond donors (Lipinski definition) is 0. The molecule has 0 atom stereocenters. The van der Waals surface area contributed by atoms with Gasteiger partial charge < -0.3 is 24.8 Å². The van der Waals surface area contributed by atoms with Crippen LogP contribution >= 0.6 is 0 Å². The predicted molar refractivity (Wildman–Crippen MR) is 155 cm³/mol. The molecule has 1 aliphatic heterocycles. The third kappa shape index (κ3) is 9.78. The fourth-order valence-corrected chi connectivity index (χ4v) is 10.5. The molecular formula is C33H44Cl2HfSi-2. The molecule has 0 unspecified atom stereocenters. The molecule has 0 nitrogen and oxygen atoms in total. The molecule has 4 aromatic carbocycles. The van der Waals surface area contributed by atoms with Crippen LogP contribution in [-0.4, -0.2) is 5.49 Å². The van der Waals surface area contributed by atoms with Crippen LogP contribution in [0.15, 0.2) is 60.7 Å². The summed E-state index contributed by atoms with van der Waals surface area (Å²) >= 11 is 1.55. The van der Waals surface area contributed by atoms with Gasteiger partial charge in [0, 0.05) is 0 Å². The van der Waals surface area contributed by atoms with E-state index in [0.717, 1.165) is 0 Å². The first kappa shape index (κ1) is 34.4. The Morgan fingerprint density at radius 2 is 1.03 bits per heavy atom. The first-order chi connectivity index (χ1) is 16.4. The first-order valence-electron chi connectivity index (χ1n) is 13.3. The third-order valence-electron chi connectivity index (χ3n) is 6.86. The minimum absolute atomic E-state index is 0. The maximum absolute atomic E-state index is 2.29. The number of halogens is 2. The van der Waals surface area contributed by atoms with Gasteiger partial charge in [-0.2, -0.15) is 12.1 Å². The molecule has 1 heterocycles. The normalized spacial score (nSPS) is 13.6. The monoisotopic (exact) mass is 718 g/mol. The van der Waals surface area contributed by atoms with E-state index in [2.05, 4.69) is 116 Å². The van der Waals surface area contributed by atoms with Gasteiger partial charge in [0.1, 0.15) is 0 Å². The van der Waals surface area contributed by atoms with Gasteiger partial charge in [0.2, 0.25) is 0 Å². The second-order valence-electron chi connectivity index (χ2n) is 12.3. The summed E-state index contributed by atoms with van der Waals surface area (Å²) in [4.78, 5) is 0. The van der Waals surface area contributed by atoms with Crippen molar-refractivity contribution in [1.82, 2.24) is 0 Å². The van der Waals surface area contributed by atoms with Gasteiger partial charge in [-0.1, -0.05) is 78.6 Å². The number of aryl methyl sites for hydroxylation is 2. The van der Waals surface area contributed by atoms with E-state index >= 15 is 0 Å². The van der Waals surface area contributed by atoms with Crippen molar-refractivity contribution >= 4 is 27.0 Å². The van der Waals surface area contributed by atoms with Gasteiger partial charge in [-0.15, -0.1) is 69.1 Å². The van der Waals surface area contributed by atoms with E-state index in [4.69, 9.17) is 0 Å². The van der Waals surface area contributed by atoms with Gasteiger partial charge in [0.25, 0.3) is 0 Å². The quantitative estimate of drug-likeness (QED) is 0.191. The number of fused-ring (bicyclic) bond motifs is 2. The molecule has 0 aliphatic carbocycles. The minimum atomic E-state index is 0. The van der Waals surface area contributed by atoms with Crippen molar-refractivity contribution in [2.45, 2.75) is 97.6 Å². The van der Waals surface area contributed by atoms with Gasteiger partial charge >= 0.3 is 59.8 Å². The summed E-state index contributed by atoms with van der Waals surface area (Å²) < 4.78 is 0. The van der Waals surface area contributed by atoms with Gasteiger partial charge in [0.15, 0.2) is 0 Å². The van der Waals surface area contributed by atoms with E-state index in [1.807, 2.05) is 0 Å². The molecule has 0 N–H and O–H groups in total. The zero-order valence-electron chi connectivity index (χ0n) is 24.1. The van der Waals surface area contributed by atoms with Gasteiger partial charge in [-0.05, 0) is 10.8 Å². The fourth-order valence-electron chi connectivity index (χ4n) is 5.06. The fraction of sp³-hybridized carbons (Fsp3) is 0.455. The summed E-state index contributed by atoms with van der Waals surface area (Å²) in [7, 11) is 0. The van der Waals surface area contributed by atoms with Crippen LogP contribution < -0.4 is 24.8 Å². The van der Waals surface area contributed by atoms with Gasteiger partial charge in [0.05, 0.1) is 0 Å². The number of benzene rings is 2. The van der Waals surface area contributed by atoms with Crippen LogP contribution in [0.25, 0.3) is 21.5 Å². The summed E-state index contributed by atoms with van der Waals surface area (Å²) in [5.74, 6) is 0. The molecule has 1 aliphatic rings. The number of hydrogen-bond acceptors (Lipinski definition) is 0. The molecule has 0 aromatic heterocycles. The molecule has 37 heavy (non-hydrogen) atoms. The van der Waals surface area contributed by atoms with Crippen molar-refractivity contribution < 1.29 is 47.8 Å². The van der Waals surface area contributed by atoms with Crippen LogP contribution in [0.5, 0.6) is 0 Å². The van der Waals surface area contributed by atoms with Crippen molar-refractivity contribution in [3.63, 3.8) is 0 Å². The van der Waals surface area contributed by atoms with Crippen molar-refractivity contribution in [3.05, 3.63) is 82.9 Å². The van der Waals surface area contributed by atoms with Crippen molar-refractivity contribution in [2.24, 2.45) is 0 Å². The number of rotatable bonds is 0. The van der Waals surface area contributed by atoms with E-state index in [0.29, 0.717) is 5.49 Å². The second-order valence-corrected chi connectivity index (χ2v) is 22.2. The van der Waals surface area contributed by atoms with Crippen LogP contribution in [0, 0.1) is 13.8 Å². The van der Waals surface area contributed by atoms with E-state index in [1.54, 1.807) is 47.9 Å². The molecular weight excluding hydrogens is 674 g/mol. The van der Waals surface area contributed by atoms with Crippen LogP contribution in [0.2, 0.25) is 12.1 Å². The molecule has 4 aromatic rings. The van der Waals surface area contributed by atoms with Crippen LogP contribution in [0.1, 0.15) is 83.1 Å².